The topological polar surface area (TPSA) is 23.5 Å². The van der Waals surface area contributed by atoms with Crippen molar-refractivity contribution >= 4 is 0 Å². The first kappa shape index (κ1) is 13.1. The van der Waals surface area contributed by atoms with Gasteiger partial charge in [-0.2, -0.15) is 13.2 Å². The van der Waals surface area contributed by atoms with E-state index in [-0.39, 0.29) is 12.3 Å². The highest BCUT2D eigenvalue weighted by atomic mass is 19.4. The predicted molar refractivity (Wildman–Crippen MR) is 58.6 cm³/mol. The first-order valence-electron chi connectivity index (χ1n) is 6.33. The van der Waals surface area contributed by atoms with E-state index in [9.17, 15) is 18.3 Å². The number of aliphatic hydroxyl groups is 1. The van der Waals surface area contributed by atoms with E-state index >= 15 is 0 Å². The maximum Gasteiger partial charge on any atom is 0.389 e. The van der Waals surface area contributed by atoms with E-state index in [4.69, 9.17) is 0 Å². The van der Waals surface area contributed by atoms with Crippen LogP contribution in [0, 0.1) is 5.92 Å². The van der Waals surface area contributed by atoms with Crippen LogP contribution in [0.1, 0.15) is 38.5 Å². The van der Waals surface area contributed by atoms with Crippen molar-refractivity contribution in [3.05, 3.63) is 0 Å². The molecule has 0 amide bonds. The molecule has 2 heterocycles. The summed E-state index contributed by atoms with van der Waals surface area (Å²) < 4.78 is 36.3. The second-order valence-corrected chi connectivity index (χ2v) is 5.50. The molecule has 5 heteroatoms. The van der Waals surface area contributed by atoms with Crippen LogP contribution in [0.4, 0.5) is 13.2 Å². The zero-order valence-electron chi connectivity index (χ0n) is 10.1. The minimum Gasteiger partial charge on any atom is -0.393 e. The highest BCUT2D eigenvalue weighted by Crippen LogP contribution is 2.39. The molecule has 2 aliphatic heterocycles. The number of hydrogen-bond acceptors (Lipinski definition) is 2. The number of halogens is 3. The van der Waals surface area contributed by atoms with Crippen LogP contribution in [-0.2, 0) is 0 Å². The van der Waals surface area contributed by atoms with Crippen LogP contribution in [0.3, 0.4) is 0 Å². The van der Waals surface area contributed by atoms with Crippen LogP contribution in [0.2, 0.25) is 0 Å². The molecule has 0 spiro atoms. The molecule has 2 saturated heterocycles. The van der Waals surface area contributed by atoms with E-state index in [1.165, 1.54) is 0 Å². The normalized spacial score (nSPS) is 36.2. The monoisotopic (exact) mass is 251 g/mol. The molecule has 2 nitrogen and oxygen atoms in total. The van der Waals surface area contributed by atoms with Gasteiger partial charge in [0.2, 0.25) is 0 Å². The van der Waals surface area contributed by atoms with Gasteiger partial charge in [-0.05, 0) is 45.1 Å². The van der Waals surface area contributed by atoms with Crippen molar-refractivity contribution in [3.8, 4) is 0 Å². The predicted octanol–water partition coefficient (Wildman–Crippen LogP) is 2.56. The molecule has 3 atom stereocenters. The molecule has 1 N–H and O–H groups in total. The largest absolute Gasteiger partial charge is 0.393 e. The Morgan fingerprint density at radius 3 is 2.24 bits per heavy atom. The zero-order valence-corrected chi connectivity index (χ0v) is 10.1. The Balaban J connectivity index is 1.83. The quantitative estimate of drug-likeness (QED) is 0.833. The first-order chi connectivity index (χ1) is 7.87. The van der Waals surface area contributed by atoms with Gasteiger partial charge in [-0.25, -0.2) is 0 Å². The maximum atomic E-state index is 12.1. The molecule has 0 aromatic rings. The second-order valence-electron chi connectivity index (χ2n) is 5.50. The Labute approximate surface area is 99.8 Å². The molecule has 0 aromatic heterocycles. The lowest BCUT2D eigenvalue weighted by Crippen LogP contribution is -2.43. The van der Waals surface area contributed by atoms with Crippen molar-refractivity contribution in [2.45, 2.75) is 62.9 Å². The Hall–Kier alpha value is -0.290. The smallest absolute Gasteiger partial charge is 0.389 e. The Morgan fingerprint density at radius 2 is 1.76 bits per heavy atom. The Kier molecular flexibility index (Phi) is 3.69. The van der Waals surface area contributed by atoms with E-state index in [0.29, 0.717) is 12.1 Å². The van der Waals surface area contributed by atoms with E-state index in [1.54, 1.807) is 0 Å². The van der Waals surface area contributed by atoms with Crippen LogP contribution in [0.5, 0.6) is 0 Å². The summed E-state index contributed by atoms with van der Waals surface area (Å²) in [5.74, 6) is 0.0612. The van der Waals surface area contributed by atoms with Crippen molar-refractivity contribution in [3.63, 3.8) is 0 Å². The molecule has 17 heavy (non-hydrogen) atoms. The van der Waals surface area contributed by atoms with Gasteiger partial charge in [-0.1, -0.05) is 0 Å². The third-order valence-electron chi connectivity index (χ3n) is 4.40. The van der Waals surface area contributed by atoms with Gasteiger partial charge in [0.05, 0.1) is 6.10 Å². The Bertz CT molecular complexity index is 255. The van der Waals surface area contributed by atoms with Crippen molar-refractivity contribution < 1.29 is 18.3 Å². The average molecular weight is 251 g/mol. The minimum atomic E-state index is -4.15. The van der Waals surface area contributed by atoms with Crippen LogP contribution in [0.25, 0.3) is 0 Å². The fourth-order valence-corrected chi connectivity index (χ4v) is 3.32. The number of piperidine rings is 1. The SMILES string of the molecule is CN1C2CCC1CC(C(O)CCC(F)(F)F)C2. The van der Waals surface area contributed by atoms with Crippen LogP contribution in [-0.4, -0.2) is 41.4 Å². The van der Waals surface area contributed by atoms with Crippen molar-refractivity contribution in [1.82, 2.24) is 4.90 Å². The number of rotatable bonds is 3. The number of alkyl halides is 3. The van der Waals surface area contributed by atoms with E-state index in [1.807, 2.05) is 0 Å². The third kappa shape index (κ3) is 3.13. The van der Waals surface area contributed by atoms with Crippen molar-refractivity contribution in [2.75, 3.05) is 7.05 Å². The zero-order chi connectivity index (χ0) is 12.6. The first-order valence-corrected chi connectivity index (χ1v) is 6.33. The number of nitrogens with zero attached hydrogens (tertiary/aromatic N) is 1. The van der Waals surface area contributed by atoms with Gasteiger partial charge in [-0.3, -0.25) is 0 Å². The molecular formula is C12H20F3NO. The highest BCUT2D eigenvalue weighted by Gasteiger charge is 2.41. The summed E-state index contributed by atoms with van der Waals surface area (Å²) in [7, 11) is 2.08. The van der Waals surface area contributed by atoms with Crippen molar-refractivity contribution in [1.29, 1.82) is 0 Å². The lowest BCUT2D eigenvalue weighted by Gasteiger charge is -2.38. The van der Waals surface area contributed by atoms with Crippen molar-refractivity contribution in [2.24, 2.45) is 5.92 Å². The van der Waals surface area contributed by atoms with Gasteiger partial charge >= 0.3 is 6.18 Å². The molecule has 2 fully saturated rings. The van der Waals surface area contributed by atoms with E-state index in [2.05, 4.69) is 11.9 Å². The highest BCUT2D eigenvalue weighted by molar-refractivity contribution is 4.95. The molecule has 100 valence electrons. The average Bonchev–Trinajstić information content (AvgIpc) is 2.50. The standard InChI is InChI=1S/C12H20F3NO/c1-16-9-2-3-10(16)7-8(6-9)11(17)4-5-12(13,14)15/h8-11,17H,2-7H2,1H3. The minimum absolute atomic E-state index is 0.0612. The molecule has 0 saturated carbocycles. The summed E-state index contributed by atoms with van der Waals surface area (Å²) in [6, 6.07) is 0.943. The van der Waals surface area contributed by atoms with Gasteiger partial charge in [0.1, 0.15) is 0 Å². The summed E-state index contributed by atoms with van der Waals surface area (Å²) in [5, 5.41) is 9.87. The van der Waals surface area contributed by atoms with Gasteiger partial charge in [0.15, 0.2) is 0 Å². The summed E-state index contributed by atoms with van der Waals surface area (Å²) in [5.41, 5.74) is 0. The van der Waals surface area contributed by atoms with Gasteiger partial charge in [0.25, 0.3) is 0 Å². The van der Waals surface area contributed by atoms with Gasteiger partial charge in [0, 0.05) is 18.5 Å². The van der Waals surface area contributed by atoms with Crippen LogP contribution in [0.15, 0.2) is 0 Å². The van der Waals surface area contributed by atoms with E-state index in [0.717, 1.165) is 25.7 Å². The fourth-order valence-electron chi connectivity index (χ4n) is 3.32. The summed E-state index contributed by atoms with van der Waals surface area (Å²) in [6.45, 7) is 0. The molecule has 2 aliphatic rings. The molecule has 3 unspecified atom stereocenters. The Morgan fingerprint density at radius 1 is 1.24 bits per heavy atom. The summed E-state index contributed by atoms with van der Waals surface area (Å²) in [4.78, 5) is 2.33. The lowest BCUT2D eigenvalue weighted by atomic mass is 9.85. The molecule has 2 bridgehead atoms. The van der Waals surface area contributed by atoms with Crippen LogP contribution >= 0.6 is 0 Å². The summed E-state index contributed by atoms with van der Waals surface area (Å²) >= 11 is 0. The fraction of sp³-hybridized carbons (Fsp3) is 1.00. The lowest BCUT2D eigenvalue weighted by molar-refractivity contribution is -0.142. The number of aliphatic hydroxyl groups excluding tert-OH is 1. The number of hydrogen-bond donors (Lipinski definition) is 1. The van der Waals surface area contributed by atoms with E-state index < -0.39 is 18.7 Å². The van der Waals surface area contributed by atoms with Crippen LogP contribution < -0.4 is 0 Å². The third-order valence-corrected chi connectivity index (χ3v) is 4.40. The second kappa shape index (κ2) is 4.76. The molecule has 0 radical (unpaired) electrons. The maximum absolute atomic E-state index is 12.1. The molecule has 0 aliphatic carbocycles. The van der Waals surface area contributed by atoms with Gasteiger partial charge in [-0.15, -0.1) is 0 Å². The molecular weight excluding hydrogens is 231 g/mol. The number of fused-ring (bicyclic) bond motifs is 2. The molecule has 0 aromatic carbocycles. The molecule has 2 rings (SSSR count). The summed E-state index contributed by atoms with van der Waals surface area (Å²) in [6.07, 6.45) is -1.97. The van der Waals surface area contributed by atoms with Gasteiger partial charge < -0.3 is 10.0 Å².